The molecule has 0 atom stereocenters. The van der Waals surface area contributed by atoms with E-state index >= 15 is 0 Å². The number of hydrogen-bond acceptors (Lipinski definition) is 5. The van der Waals surface area contributed by atoms with Crippen molar-refractivity contribution in [2.24, 2.45) is 0 Å². The largest absolute Gasteiger partial charge is 0.322 e. The van der Waals surface area contributed by atoms with Gasteiger partial charge in [0.2, 0.25) is 10.0 Å². The number of nitro benzene ring substituents is 1. The van der Waals surface area contributed by atoms with E-state index in [1.54, 1.807) is 18.2 Å². The highest BCUT2D eigenvalue weighted by molar-refractivity contribution is 7.92. The summed E-state index contributed by atoms with van der Waals surface area (Å²) in [6.07, 6.45) is 2.59. The van der Waals surface area contributed by atoms with Crippen LogP contribution in [0.2, 0.25) is 5.02 Å². The second kappa shape index (κ2) is 7.16. The smallest absolute Gasteiger partial charge is 0.270 e. The van der Waals surface area contributed by atoms with Crippen LogP contribution in [0.3, 0.4) is 0 Å². The van der Waals surface area contributed by atoms with Crippen LogP contribution in [0.5, 0.6) is 0 Å². The fourth-order valence-electron chi connectivity index (χ4n) is 2.96. The van der Waals surface area contributed by atoms with Crippen LogP contribution in [0, 0.1) is 10.1 Å². The molecule has 3 rings (SSSR count). The number of nitrogens with zero attached hydrogens (tertiary/aromatic N) is 2. The quantitative estimate of drug-likeness (QED) is 0.615. The Morgan fingerprint density at radius 1 is 1.26 bits per heavy atom. The highest BCUT2D eigenvalue weighted by atomic mass is 35.5. The first-order chi connectivity index (χ1) is 12.7. The lowest BCUT2D eigenvalue weighted by Crippen LogP contribution is -2.34. The molecular formula is C17H16ClN3O5S. The molecule has 0 saturated carbocycles. The zero-order valence-corrected chi connectivity index (χ0v) is 15.9. The summed E-state index contributed by atoms with van der Waals surface area (Å²) in [4.78, 5) is 22.8. The van der Waals surface area contributed by atoms with Gasteiger partial charge in [-0.3, -0.25) is 19.2 Å². The third kappa shape index (κ3) is 4.04. The molecule has 1 amide bonds. The monoisotopic (exact) mass is 409 g/mol. The van der Waals surface area contributed by atoms with Crippen LogP contribution >= 0.6 is 11.6 Å². The van der Waals surface area contributed by atoms with Crippen LogP contribution in [-0.2, 0) is 16.4 Å². The van der Waals surface area contributed by atoms with Crippen LogP contribution in [-0.4, -0.2) is 32.0 Å². The number of hydrogen-bond donors (Lipinski definition) is 1. The third-order valence-corrected chi connectivity index (χ3v) is 5.73. The fraction of sp³-hybridized carbons (Fsp3) is 0.235. The molecule has 1 aliphatic heterocycles. The average molecular weight is 410 g/mol. The normalized spacial score (nSPS) is 13.8. The molecule has 0 saturated heterocycles. The van der Waals surface area contributed by atoms with E-state index in [9.17, 15) is 23.3 Å². The lowest BCUT2D eigenvalue weighted by Gasteiger charge is -2.29. The third-order valence-electron chi connectivity index (χ3n) is 4.22. The second-order valence-corrected chi connectivity index (χ2v) is 8.47. The number of nitro groups is 1. The summed E-state index contributed by atoms with van der Waals surface area (Å²) in [5.74, 6) is -0.620. The molecule has 2 aromatic rings. The molecule has 0 unspecified atom stereocenters. The van der Waals surface area contributed by atoms with Crippen molar-refractivity contribution in [1.82, 2.24) is 0 Å². The highest BCUT2D eigenvalue weighted by Gasteiger charge is 2.24. The maximum absolute atomic E-state index is 12.5. The number of non-ortho nitro benzene ring substituents is 1. The van der Waals surface area contributed by atoms with Crippen LogP contribution in [0.4, 0.5) is 17.1 Å². The van der Waals surface area contributed by atoms with Gasteiger partial charge in [0.1, 0.15) is 0 Å². The van der Waals surface area contributed by atoms with Gasteiger partial charge in [-0.15, -0.1) is 0 Å². The average Bonchev–Trinajstić information content (AvgIpc) is 2.60. The minimum Gasteiger partial charge on any atom is -0.322 e. The summed E-state index contributed by atoms with van der Waals surface area (Å²) in [6, 6.07) is 8.59. The number of carbonyl (C=O) groups is 1. The van der Waals surface area contributed by atoms with Gasteiger partial charge >= 0.3 is 0 Å². The summed E-state index contributed by atoms with van der Waals surface area (Å²) < 4.78 is 25.3. The first kappa shape index (κ1) is 19.1. The van der Waals surface area contributed by atoms with Crippen LogP contribution < -0.4 is 9.62 Å². The first-order valence-corrected chi connectivity index (χ1v) is 10.3. The minimum absolute atomic E-state index is 0.0384. The summed E-state index contributed by atoms with van der Waals surface area (Å²) in [5, 5.41) is 13.6. The summed E-state index contributed by atoms with van der Waals surface area (Å²) in [5.41, 5.74) is 1.48. The van der Waals surface area contributed by atoms with Crippen LogP contribution in [0.15, 0.2) is 36.4 Å². The Morgan fingerprint density at radius 3 is 2.67 bits per heavy atom. The van der Waals surface area contributed by atoms with Crippen molar-refractivity contribution in [2.75, 3.05) is 22.4 Å². The summed E-state index contributed by atoms with van der Waals surface area (Å²) in [7, 11) is -3.43. The van der Waals surface area contributed by atoms with Crippen LogP contribution in [0.25, 0.3) is 0 Å². The molecule has 0 radical (unpaired) electrons. The zero-order chi connectivity index (χ0) is 19.8. The molecule has 0 aromatic heterocycles. The number of rotatable bonds is 4. The minimum atomic E-state index is -3.43. The summed E-state index contributed by atoms with van der Waals surface area (Å²) in [6.45, 7) is 0.375. The van der Waals surface area contributed by atoms with E-state index in [1.807, 2.05) is 0 Å². The van der Waals surface area contributed by atoms with E-state index in [4.69, 9.17) is 11.6 Å². The standard InChI is InChI=1S/C17H16ClN3O5S/c1-27(25,26)20-8-2-3-11-4-5-12(9-16(11)20)19-17(22)14-10-13(21(23)24)6-7-15(14)18/h4-7,9-10H,2-3,8H2,1H3,(H,19,22). The van der Waals surface area contributed by atoms with Gasteiger partial charge in [-0.1, -0.05) is 17.7 Å². The fourth-order valence-corrected chi connectivity index (χ4v) is 4.15. The van der Waals surface area contributed by atoms with Crippen molar-refractivity contribution in [3.63, 3.8) is 0 Å². The molecule has 0 spiro atoms. The van der Waals surface area contributed by atoms with Gasteiger partial charge in [-0.05, 0) is 36.6 Å². The number of anilines is 2. The highest BCUT2D eigenvalue weighted by Crippen LogP contribution is 2.32. The Morgan fingerprint density at radius 2 is 2.00 bits per heavy atom. The van der Waals surface area contributed by atoms with Gasteiger partial charge in [0.05, 0.1) is 27.5 Å². The number of aryl methyl sites for hydroxylation is 1. The van der Waals surface area contributed by atoms with Crippen molar-refractivity contribution in [2.45, 2.75) is 12.8 Å². The molecule has 1 N–H and O–H groups in total. The zero-order valence-electron chi connectivity index (χ0n) is 14.3. The predicted molar refractivity (Wildman–Crippen MR) is 103 cm³/mol. The Hall–Kier alpha value is -2.65. The van der Waals surface area contributed by atoms with Crippen molar-refractivity contribution >= 4 is 44.6 Å². The van der Waals surface area contributed by atoms with E-state index in [-0.39, 0.29) is 16.3 Å². The van der Waals surface area contributed by atoms with E-state index in [0.717, 1.165) is 30.7 Å². The molecule has 1 aliphatic rings. The molecule has 2 aromatic carbocycles. The van der Waals surface area contributed by atoms with Gasteiger partial charge in [0, 0.05) is 24.4 Å². The van der Waals surface area contributed by atoms with Gasteiger partial charge in [-0.2, -0.15) is 0 Å². The Balaban J connectivity index is 1.92. The Kier molecular flexibility index (Phi) is 5.07. The van der Waals surface area contributed by atoms with Crippen molar-refractivity contribution in [1.29, 1.82) is 0 Å². The number of nitrogens with one attached hydrogen (secondary N) is 1. The van der Waals surface area contributed by atoms with Gasteiger partial charge in [0.15, 0.2) is 0 Å². The molecule has 10 heteroatoms. The van der Waals surface area contributed by atoms with Gasteiger partial charge in [0.25, 0.3) is 11.6 Å². The van der Waals surface area contributed by atoms with Crippen LogP contribution in [0.1, 0.15) is 22.3 Å². The number of fused-ring (bicyclic) bond motifs is 1. The van der Waals surface area contributed by atoms with E-state index in [0.29, 0.717) is 17.9 Å². The SMILES string of the molecule is CS(=O)(=O)N1CCCc2ccc(NC(=O)c3cc([N+](=O)[O-])ccc3Cl)cc21. The number of carbonyl (C=O) groups excluding carboxylic acids is 1. The molecular weight excluding hydrogens is 394 g/mol. The molecule has 1 heterocycles. The number of benzene rings is 2. The van der Waals surface area contributed by atoms with Gasteiger partial charge in [-0.25, -0.2) is 8.42 Å². The molecule has 142 valence electrons. The summed E-state index contributed by atoms with van der Waals surface area (Å²) >= 11 is 5.99. The molecule has 27 heavy (non-hydrogen) atoms. The lowest BCUT2D eigenvalue weighted by atomic mass is 10.0. The van der Waals surface area contributed by atoms with E-state index in [1.165, 1.54) is 16.4 Å². The Bertz CT molecular complexity index is 1040. The Labute approximate surface area is 160 Å². The molecule has 0 bridgehead atoms. The maximum atomic E-state index is 12.5. The van der Waals surface area contributed by atoms with Crippen molar-refractivity contribution < 1.29 is 18.1 Å². The topological polar surface area (TPSA) is 110 Å². The predicted octanol–water partition coefficient (Wildman–Crippen LogP) is 3.21. The molecule has 0 fully saturated rings. The molecule has 0 aliphatic carbocycles. The second-order valence-electron chi connectivity index (χ2n) is 6.16. The van der Waals surface area contributed by atoms with E-state index in [2.05, 4.69) is 5.32 Å². The molecule has 8 nitrogen and oxygen atoms in total. The maximum Gasteiger partial charge on any atom is 0.270 e. The number of amides is 1. The lowest BCUT2D eigenvalue weighted by molar-refractivity contribution is -0.384. The van der Waals surface area contributed by atoms with Crippen molar-refractivity contribution in [3.8, 4) is 0 Å². The van der Waals surface area contributed by atoms with Gasteiger partial charge < -0.3 is 5.32 Å². The van der Waals surface area contributed by atoms with Crippen molar-refractivity contribution in [3.05, 3.63) is 62.7 Å². The van der Waals surface area contributed by atoms with E-state index < -0.39 is 20.9 Å². The number of sulfonamides is 1. The number of halogens is 1. The first-order valence-electron chi connectivity index (χ1n) is 8.03.